The molecular formula is C74H80N12O9. The highest BCUT2D eigenvalue weighted by molar-refractivity contribution is 6.09. The number of aromatic amines is 2. The summed E-state index contributed by atoms with van der Waals surface area (Å²) in [7, 11) is 4.03. The molecule has 21 nitrogen and oxygen atoms in total. The smallest absolute Gasteiger partial charge is 0.311 e. The first-order chi connectivity index (χ1) is 45.5. The van der Waals surface area contributed by atoms with Crippen molar-refractivity contribution in [3.05, 3.63) is 246 Å². The van der Waals surface area contributed by atoms with Gasteiger partial charge >= 0.3 is 17.9 Å². The number of nitrogens with two attached hydrogens (primary N) is 3. The average molecular weight is 1280 g/mol. The fourth-order valence-electron chi connectivity index (χ4n) is 11.2. The van der Waals surface area contributed by atoms with Crippen molar-refractivity contribution in [1.82, 2.24) is 45.5 Å². The molecule has 0 aliphatic heterocycles. The van der Waals surface area contributed by atoms with Gasteiger partial charge in [-0.05, 0) is 130 Å². The molecule has 21 heteroatoms. The predicted octanol–water partition coefficient (Wildman–Crippen LogP) is 9.98. The van der Waals surface area contributed by atoms with Crippen molar-refractivity contribution in [2.45, 2.75) is 72.0 Å². The first kappa shape index (κ1) is 69.3. The Hall–Kier alpha value is -11.6. The second-order valence-electron chi connectivity index (χ2n) is 23.2. The van der Waals surface area contributed by atoms with Gasteiger partial charge in [-0.3, -0.25) is 38.3 Å². The minimum absolute atomic E-state index is 0.282. The van der Waals surface area contributed by atoms with Crippen LogP contribution in [0, 0.1) is 31.6 Å². The molecular weight excluding hydrogens is 1200 g/mol. The van der Waals surface area contributed by atoms with E-state index >= 15 is 0 Å². The normalized spacial score (nSPS) is 12.8. The minimum Gasteiger partial charge on any atom is -0.469 e. The number of para-hydroxylation sites is 1. The maximum atomic E-state index is 13.2. The third kappa shape index (κ3) is 17.1. The molecule has 0 fully saturated rings. The third-order valence-electron chi connectivity index (χ3n) is 16.4. The van der Waals surface area contributed by atoms with Crippen molar-refractivity contribution in [3.63, 3.8) is 0 Å². The summed E-state index contributed by atoms with van der Waals surface area (Å²) in [6.45, 7) is 20.2. The standard InChI is InChI=1S/C26H26N4O3.C25H28N4O3.C23H26N4O3/c1-15(27)18-8-6-7-17(11-18)12-20(26(32)33-3)16(2)29-25(31)23-13-21-19-9-4-5-10-22(19)30-24(21)14-28-23;1-15(26)20-12-8-9-18(13-20)14-21(25(31)32-4)16(2)27-24(30)22-17(3)28-29-23(22)19-10-6-5-7-11-19;1-14(24)18-9-7-8-17(12-18)13-19(23(29)30-4)15(2)26-22(28)21-16(3)25-20-10-5-6-11-27(20)21/h4-11,13-14,16,20,30H,1,12,27H2,2-3H3,(H,29,31);5-13,16,21H,1,14,26H2,2-4H3,(H,27,30)(H,28,29);5-12,15,19H,1,13,24H2,2-4H3,(H,26,28). The summed E-state index contributed by atoms with van der Waals surface area (Å²) < 4.78 is 16.8. The van der Waals surface area contributed by atoms with Crippen molar-refractivity contribution in [2.75, 3.05) is 21.3 Å². The average Bonchev–Trinajstić information content (AvgIpc) is 1.66. The number of H-pyrrole nitrogens is 2. The number of methoxy groups -OCH3 is 3. The lowest BCUT2D eigenvalue weighted by Gasteiger charge is -2.23. The highest BCUT2D eigenvalue weighted by Gasteiger charge is 2.33. The number of nitrogens with zero attached hydrogens (tertiary/aromatic N) is 4. The Morgan fingerprint density at radius 2 is 1.00 bits per heavy atom. The molecule has 5 aromatic carbocycles. The largest absolute Gasteiger partial charge is 0.469 e. The molecule has 0 saturated carbocycles. The zero-order chi connectivity index (χ0) is 68.6. The van der Waals surface area contributed by atoms with Gasteiger partial charge in [0.15, 0.2) is 0 Å². The molecule has 10 rings (SSSR count). The highest BCUT2D eigenvalue weighted by Crippen LogP contribution is 2.28. The molecule has 0 bridgehead atoms. The summed E-state index contributed by atoms with van der Waals surface area (Å²) in [5.74, 6) is -3.89. The molecule has 95 heavy (non-hydrogen) atoms. The van der Waals surface area contributed by atoms with Crippen LogP contribution < -0.4 is 33.2 Å². The number of nitrogens with one attached hydrogen (secondary N) is 5. The van der Waals surface area contributed by atoms with Gasteiger partial charge in [0.05, 0.1) is 62.1 Å². The van der Waals surface area contributed by atoms with E-state index in [0.717, 1.165) is 60.8 Å². The number of imidazole rings is 1. The molecule has 5 aromatic heterocycles. The van der Waals surface area contributed by atoms with Crippen molar-refractivity contribution >= 4 is 80.2 Å². The Bertz CT molecular complexity index is 4470. The molecule has 3 amide bonds. The summed E-state index contributed by atoms with van der Waals surface area (Å²) >= 11 is 0. The lowest BCUT2D eigenvalue weighted by atomic mass is 9.91. The Labute approximate surface area is 551 Å². The van der Waals surface area contributed by atoms with Gasteiger partial charge in [0.25, 0.3) is 17.7 Å². The fourth-order valence-corrected chi connectivity index (χ4v) is 11.2. The lowest BCUT2D eigenvalue weighted by molar-refractivity contribution is -0.147. The number of aromatic nitrogens is 6. The van der Waals surface area contributed by atoms with Crippen LogP contribution in [0.3, 0.4) is 0 Å². The van der Waals surface area contributed by atoms with Crippen LogP contribution in [0.2, 0.25) is 0 Å². The van der Waals surface area contributed by atoms with Crippen LogP contribution in [-0.4, -0.2) is 105 Å². The monoisotopic (exact) mass is 1280 g/mol. The Morgan fingerprint density at radius 1 is 0.537 bits per heavy atom. The zero-order valence-corrected chi connectivity index (χ0v) is 54.5. The Kier molecular flexibility index (Phi) is 23.1. The van der Waals surface area contributed by atoms with Crippen LogP contribution in [0.25, 0.3) is 55.8 Å². The Balaban J connectivity index is 0.000000183. The maximum absolute atomic E-state index is 13.2. The van der Waals surface area contributed by atoms with Crippen LogP contribution in [-0.2, 0) is 47.9 Å². The number of carbonyl (C=O) groups is 6. The molecule has 0 radical (unpaired) electrons. The second kappa shape index (κ2) is 31.6. The number of hydrogen-bond acceptors (Lipinski definition) is 15. The highest BCUT2D eigenvalue weighted by atomic mass is 16.5. The number of aryl methyl sites for hydroxylation is 2. The summed E-state index contributed by atoms with van der Waals surface area (Å²) in [6, 6.07) is 45.8. The number of fused-ring (bicyclic) bond motifs is 4. The van der Waals surface area contributed by atoms with Gasteiger partial charge in [-0.2, -0.15) is 5.10 Å². The minimum atomic E-state index is -0.586. The molecule has 6 unspecified atom stereocenters. The van der Waals surface area contributed by atoms with Gasteiger partial charge in [0.2, 0.25) is 0 Å². The third-order valence-corrected chi connectivity index (χ3v) is 16.4. The van der Waals surface area contributed by atoms with Gasteiger partial charge in [0, 0.05) is 69.0 Å². The number of esters is 3. The molecule has 0 saturated heterocycles. The van der Waals surface area contributed by atoms with Crippen molar-refractivity contribution in [2.24, 2.45) is 35.0 Å². The number of pyridine rings is 2. The zero-order valence-electron chi connectivity index (χ0n) is 54.5. The number of amides is 3. The van der Waals surface area contributed by atoms with Crippen LogP contribution in [0.1, 0.15) is 96.9 Å². The number of carbonyl (C=O) groups excluding carboxylic acids is 6. The molecule has 0 spiro atoms. The van der Waals surface area contributed by atoms with Crippen LogP contribution in [0.4, 0.5) is 0 Å². The summed E-state index contributed by atoms with van der Waals surface area (Å²) in [5, 5.41) is 18.0. The molecule has 11 N–H and O–H groups in total. The van der Waals surface area contributed by atoms with E-state index in [4.69, 9.17) is 31.4 Å². The van der Waals surface area contributed by atoms with E-state index in [1.165, 1.54) is 21.3 Å². The van der Waals surface area contributed by atoms with Gasteiger partial charge < -0.3 is 52.3 Å². The van der Waals surface area contributed by atoms with Crippen LogP contribution in [0.15, 0.2) is 184 Å². The van der Waals surface area contributed by atoms with Crippen molar-refractivity contribution in [1.29, 1.82) is 0 Å². The summed E-state index contributed by atoms with van der Waals surface area (Å²) in [5.41, 5.74) is 30.2. The maximum Gasteiger partial charge on any atom is 0.311 e. The fraction of sp³-hybridized carbons (Fsp3) is 0.230. The van der Waals surface area contributed by atoms with E-state index in [9.17, 15) is 28.8 Å². The number of ether oxygens (including phenoxy) is 3. The molecule has 490 valence electrons. The van der Waals surface area contributed by atoms with Gasteiger partial charge in [0.1, 0.15) is 22.7 Å². The van der Waals surface area contributed by atoms with Crippen molar-refractivity contribution < 1.29 is 43.0 Å². The van der Waals surface area contributed by atoms with E-state index < -0.39 is 53.8 Å². The predicted molar refractivity (Wildman–Crippen MR) is 370 cm³/mol. The molecule has 0 aliphatic rings. The lowest BCUT2D eigenvalue weighted by Crippen LogP contribution is -2.43. The van der Waals surface area contributed by atoms with E-state index in [1.54, 1.807) is 57.5 Å². The van der Waals surface area contributed by atoms with E-state index in [0.29, 0.717) is 70.3 Å². The van der Waals surface area contributed by atoms with Gasteiger partial charge in [-0.25, -0.2) is 9.97 Å². The molecule has 6 atom stereocenters. The quantitative estimate of drug-likeness (QED) is 0.0231. The van der Waals surface area contributed by atoms with Crippen LogP contribution in [0.5, 0.6) is 0 Å². The van der Waals surface area contributed by atoms with Gasteiger partial charge in [-0.1, -0.05) is 129 Å². The summed E-state index contributed by atoms with van der Waals surface area (Å²) in [4.78, 5) is 88.8. The molecule has 10 aromatic rings. The first-order valence-corrected chi connectivity index (χ1v) is 30.7. The van der Waals surface area contributed by atoms with E-state index in [1.807, 2.05) is 146 Å². The van der Waals surface area contributed by atoms with Gasteiger partial charge in [-0.15, -0.1) is 0 Å². The molecule has 5 heterocycles. The van der Waals surface area contributed by atoms with Crippen molar-refractivity contribution in [3.8, 4) is 11.3 Å². The number of benzene rings is 5. The topological polar surface area (TPSA) is 319 Å². The molecule has 0 aliphatic carbocycles. The van der Waals surface area contributed by atoms with E-state index in [-0.39, 0.29) is 23.4 Å². The Morgan fingerprint density at radius 3 is 1.49 bits per heavy atom. The van der Waals surface area contributed by atoms with Crippen LogP contribution >= 0.6 is 0 Å². The number of rotatable bonds is 22. The summed E-state index contributed by atoms with van der Waals surface area (Å²) in [6.07, 6.45) is 4.59. The first-order valence-electron chi connectivity index (χ1n) is 30.7. The van der Waals surface area contributed by atoms with E-state index in [2.05, 4.69) is 60.8 Å². The number of hydrogen-bond donors (Lipinski definition) is 8. The second-order valence-corrected chi connectivity index (χ2v) is 23.2. The SMILES string of the molecule is C=C(N)c1cccc(CC(C(=O)OC)C(C)NC(=O)c2c(-c3ccccc3)n[nH]c2C)c1.C=C(N)c1cccc(CC(C(=O)OC)C(C)NC(=O)c2c(C)nc3ccccn23)c1.C=C(N)c1cccc(CC(C(=O)OC)C(C)NC(=O)c2cc3c(cn2)[nH]c2ccccc23)c1.